The van der Waals surface area contributed by atoms with Crippen LogP contribution in [-0.2, 0) is 29.3 Å². The average molecular weight is 409 g/mol. The van der Waals surface area contributed by atoms with Gasteiger partial charge >= 0.3 is 0 Å². The number of rotatable bonds is 8. The Morgan fingerprint density at radius 1 is 1.10 bits per heavy atom. The molecule has 0 spiro atoms. The Morgan fingerprint density at radius 3 is 2.57 bits per heavy atom. The van der Waals surface area contributed by atoms with Gasteiger partial charge < -0.3 is 20.3 Å². The molecular formula is C24H32N4O2. The summed E-state index contributed by atoms with van der Waals surface area (Å²) >= 11 is 0. The fourth-order valence-corrected chi connectivity index (χ4v) is 3.62. The van der Waals surface area contributed by atoms with Crippen molar-refractivity contribution in [3.05, 3.63) is 71.3 Å². The van der Waals surface area contributed by atoms with Gasteiger partial charge in [0, 0.05) is 39.1 Å². The molecule has 6 nitrogen and oxygen atoms in total. The number of nitrogens with one attached hydrogen (secondary N) is 2. The Morgan fingerprint density at radius 2 is 1.83 bits per heavy atom. The average Bonchev–Trinajstić information content (AvgIpc) is 3.26. The summed E-state index contributed by atoms with van der Waals surface area (Å²) in [5.74, 6) is 0.970. The second-order valence-corrected chi connectivity index (χ2v) is 7.50. The number of hydrogen-bond donors (Lipinski definition) is 2. The summed E-state index contributed by atoms with van der Waals surface area (Å²) < 4.78 is 5.92. The maximum Gasteiger partial charge on any atom is 0.222 e. The number of carbonyl (C=O) groups excluding carboxylic acids is 1. The highest BCUT2D eigenvalue weighted by molar-refractivity contribution is 5.80. The topological polar surface area (TPSA) is 66.0 Å². The van der Waals surface area contributed by atoms with Crippen LogP contribution in [0.15, 0.2) is 59.6 Å². The van der Waals surface area contributed by atoms with Gasteiger partial charge in [-0.25, -0.2) is 0 Å². The molecule has 0 bridgehead atoms. The van der Waals surface area contributed by atoms with Gasteiger partial charge in [0.15, 0.2) is 5.96 Å². The number of amides is 1. The number of likely N-dealkylation sites (tertiary alicyclic amines) is 1. The van der Waals surface area contributed by atoms with Crippen LogP contribution >= 0.6 is 0 Å². The summed E-state index contributed by atoms with van der Waals surface area (Å²) in [6.45, 7) is 5.27. The summed E-state index contributed by atoms with van der Waals surface area (Å²) in [6.07, 6.45) is 1.50. The minimum absolute atomic E-state index is 0.215. The van der Waals surface area contributed by atoms with Crippen molar-refractivity contribution in [1.29, 1.82) is 0 Å². The molecule has 2 aromatic carbocycles. The highest BCUT2D eigenvalue weighted by Crippen LogP contribution is 2.13. The monoisotopic (exact) mass is 408 g/mol. The van der Waals surface area contributed by atoms with Gasteiger partial charge in [-0.3, -0.25) is 9.79 Å². The highest BCUT2D eigenvalue weighted by atomic mass is 16.5. The normalized spacial score (nSPS) is 16.5. The third-order valence-corrected chi connectivity index (χ3v) is 5.34. The number of ether oxygens (including phenoxy) is 1. The number of carbonyl (C=O) groups is 1. The van der Waals surface area contributed by atoms with Crippen molar-refractivity contribution >= 4 is 11.9 Å². The molecule has 0 saturated carbocycles. The van der Waals surface area contributed by atoms with Crippen molar-refractivity contribution in [3.8, 4) is 0 Å². The molecular weight excluding hydrogens is 376 g/mol. The van der Waals surface area contributed by atoms with E-state index in [0.29, 0.717) is 26.2 Å². The van der Waals surface area contributed by atoms with Crippen molar-refractivity contribution in [1.82, 2.24) is 15.5 Å². The van der Waals surface area contributed by atoms with E-state index in [-0.39, 0.29) is 11.9 Å². The molecule has 1 saturated heterocycles. The molecule has 1 aliphatic rings. The molecule has 6 heteroatoms. The Bertz CT molecular complexity index is 838. The van der Waals surface area contributed by atoms with Gasteiger partial charge in [-0.2, -0.15) is 0 Å². The molecule has 2 N–H and O–H groups in total. The molecule has 0 aromatic heterocycles. The standard InChI is InChI=1S/C24H32N4O2/c1-3-23(29)28-14-13-22(16-28)27-24(25-2)26-15-20-11-7-8-12-21(20)18-30-17-19-9-5-4-6-10-19/h4-12,22H,3,13-18H2,1-2H3,(H2,25,26,27). The van der Waals surface area contributed by atoms with Crippen molar-refractivity contribution in [2.24, 2.45) is 4.99 Å². The van der Waals surface area contributed by atoms with Gasteiger partial charge in [0.25, 0.3) is 0 Å². The van der Waals surface area contributed by atoms with Crippen LogP contribution in [-0.4, -0.2) is 42.9 Å². The van der Waals surface area contributed by atoms with E-state index in [4.69, 9.17) is 4.74 Å². The summed E-state index contributed by atoms with van der Waals surface area (Å²) in [5.41, 5.74) is 3.52. The lowest BCUT2D eigenvalue weighted by atomic mass is 10.1. The fraction of sp³-hybridized carbons (Fsp3) is 0.417. The van der Waals surface area contributed by atoms with Gasteiger partial charge in [0.1, 0.15) is 0 Å². The van der Waals surface area contributed by atoms with E-state index < -0.39 is 0 Å². The van der Waals surface area contributed by atoms with Crippen LogP contribution in [0.4, 0.5) is 0 Å². The predicted octanol–water partition coefficient (Wildman–Crippen LogP) is 3.08. The van der Waals surface area contributed by atoms with E-state index in [2.05, 4.69) is 39.9 Å². The highest BCUT2D eigenvalue weighted by Gasteiger charge is 2.25. The lowest BCUT2D eigenvalue weighted by Crippen LogP contribution is -2.44. The van der Waals surface area contributed by atoms with Gasteiger partial charge in [-0.1, -0.05) is 61.5 Å². The zero-order valence-corrected chi connectivity index (χ0v) is 17.9. The quantitative estimate of drug-likeness (QED) is 0.520. The van der Waals surface area contributed by atoms with Crippen LogP contribution < -0.4 is 10.6 Å². The Balaban J connectivity index is 1.49. The molecule has 1 heterocycles. The summed E-state index contributed by atoms with van der Waals surface area (Å²) in [5, 5.41) is 6.84. The van der Waals surface area contributed by atoms with Gasteiger partial charge in [-0.05, 0) is 23.1 Å². The molecule has 3 rings (SSSR count). The fourth-order valence-electron chi connectivity index (χ4n) is 3.62. The Labute approximate surface area is 179 Å². The molecule has 30 heavy (non-hydrogen) atoms. The smallest absolute Gasteiger partial charge is 0.222 e. The predicted molar refractivity (Wildman–Crippen MR) is 120 cm³/mol. The van der Waals surface area contributed by atoms with E-state index in [1.165, 1.54) is 11.1 Å². The Hall–Kier alpha value is -2.86. The molecule has 0 aliphatic carbocycles. The number of nitrogens with zero attached hydrogens (tertiary/aromatic N) is 2. The first-order valence-corrected chi connectivity index (χ1v) is 10.6. The zero-order chi connectivity index (χ0) is 21.2. The van der Waals surface area contributed by atoms with Crippen molar-refractivity contribution in [2.75, 3.05) is 20.1 Å². The van der Waals surface area contributed by atoms with Gasteiger partial charge in [0.05, 0.1) is 13.2 Å². The first-order chi connectivity index (χ1) is 14.7. The summed E-state index contributed by atoms with van der Waals surface area (Å²) in [6, 6.07) is 18.7. The van der Waals surface area contributed by atoms with Crippen LogP contribution in [0, 0.1) is 0 Å². The molecule has 1 aliphatic heterocycles. The maximum absolute atomic E-state index is 11.9. The van der Waals surface area contributed by atoms with Crippen LogP contribution in [0.25, 0.3) is 0 Å². The number of benzene rings is 2. The van der Waals surface area contributed by atoms with Crippen LogP contribution in [0.2, 0.25) is 0 Å². The zero-order valence-electron chi connectivity index (χ0n) is 17.9. The second-order valence-electron chi connectivity index (χ2n) is 7.50. The lowest BCUT2D eigenvalue weighted by Gasteiger charge is -2.19. The van der Waals surface area contributed by atoms with E-state index in [1.54, 1.807) is 7.05 Å². The molecule has 0 radical (unpaired) electrons. The third kappa shape index (κ3) is 6.32. The first kappa shape index (κ1) is 21.8. The van der Waals surface area contributed by atoms with Crippen molar-refractivity contribution in [3.63, 3.8) is 0 Å². The van der Waals surface area contributed by atoms with Crippen LogP contribution in [0.1, 0.15) is 36.5 Å². The number of guanidine groups is 1. The molecule has 160 valence electrons. The van der Waals surface area contributed by atoms with Crippen LogP contribution in [0.3, 0.4) is 0 Å². The van der Waals surface area contributed by atoms with Crippen molar-refractivity contribution in [2.45, 2.75) is 45.6 Å². The molecule has 1 unspecified atom stereocenters. The molecule has 1 fully saturated rings. The lowest BCUT2D eigenvalue weighted by molar-refractivity contribution is -0.129. The number of aliphatic imine (C=N–C) groups is 1. The van der Waals surface area contributed by atoms with E-state index in [1.807, 2.05) is 42.2 Å². The van der Waals surface area contributed by atoms with Crippen LogP contribution in [0.5, 0.6) is 0 Å². The van der Waals surface area contributed by atoms with E-state index >= 15 is 0 Å². The number of hydrogen-bond acceptors (Lipinski definition) is 3. The minimum atomic E-state index is 0.215. The third-order valence-electron chi connectivity index (χ3n) is 5.34. The SMILES string of the molecule is CCC(=O)N1CCC(NC(=NC)NCc2ccccc2COCc2ccccc2)C1. The summed E-state index contributed by atoms with van der Waals surface area (Å²) in [7, 11) is 1.77. The maximum atomic E-state index is 11.9. The largest absolute Gasteiger partial charge is 0.372 e. The van der Waals surface area contributed by atoms with E-state index in [9.17, 15) is 4.79 Å². The van der Waals surface area contributed by atoms with Crippen molar-refractivity contribution < 1.29 is 9.53 Å². The molecule has 2 aromatic rings. The molecule has 1 amide bonds. The summed E-state index contributed by atoms with van der Waals surface area (Å²) in [4.78, 5) is 18.1. The van der Waals surface area contributed by atoms with Gasteiger partial charge in [-0.15, -0.1) is 0 Å². The van der Waals surface area contributed by atoms with Gasteiger partial charge in [0.2, 0.25) is 5.91 Å². The Kier molecular flexibility index (Phi) is 8.27. The second kappa shape index (κ2) is 11.4. The minimum Gasteiger partial charge on any atom is -0.372 e. The van der Waals surface area contributed by atoms with E-state index in [0.717, 1.165) is 31.0 Å². The molecule has 1 atom stereocenters. The first-order valence-electron chi connectivity index (χ1n) is 10.6.